The molecule has 3 heterocycles. The first-order chi connectivity index (χ1) is 17.0. The van der Waals surface area contributed by atoms with Crippen molar-refractivity contribution >= 4 is 51.7 Å². The number of anilines is 4. The van der Waals surface area contributed by atoms with Gasteiger partial charge in [-0.15, -0.1) is 0 Å². The molecule has 5 N–H and O–H groups in total. The predicted octanol–water partition coefficient (Wildman–Crippen LogP) is 4.63. The van der Waals surface area contributed by atoms with E-state index in [0.717, 1.165) is 40.1 Å². The first-order valence-electron chi connectivity index (χ1n) is 11.3. The number of aromatic nitrogens is 3. The number of aromatic amines is 1. The van der Waals surface area contributed by atoms with Gasteiger partial charge in [-0.3, -0.25) is 4.90 Å². The number of benzene rings is 2. The van der Waals surface area contributed by atoms with Gasteiger partial charge in [0.25, 0.3) is 0 Å². The third kappa shape index (κ3) is 4.43. The summed E-state index contributed by atoms with van der Waals surface area (Å²) in [5.74, 6) is 0.663. The molecule has 1 aliphatic heterocycles. The molecule has 0 bridgehead atoms. The summed E-state index contributed by atoms with van der Waals surface area (Å²) in [5.41, 5.74) is 11.6. The van der Waals surface area contributed by atoms with Crippen LogP contribution in [0.3, 0.4) is 0 Å². The van der Waals surface area contributed by atoms with Crippen LogP contribution >= 0.6 is 0 Å². The van der Waals surface area contributed by atoms with Gasteiger partial charge in [0.05, 0.1) is 5.39 Å². The van der Waals surface area contributed by atoms with E-state index in [4.69, 9.17) is 11.1 Å². The van der Waals surface area contributed by atoms with E-state index in [-0.39, 0.29) is 6.03 Å². The molecule has 0 fully saturated rings. The van der Waals surface area contributed by atoms with Crippen molar-refractivity contribution in [3.05, 3.63) is 78.3 Å². The number of amides is 2. The van der Waals surface area contributed by atoms with Crippen LogP contribution in [0, 0.1) is 5.41 Å². The van der Waals surface area contributed by atoms with E-state index in [9.17, 15) is 4.79 Å². The van der Waals surface area contributed by atoms with Gasteiger partial charge in [-0.05, 0) is 48.4 Å². The molecule has 4 aromatic rings. The lowest BCUT2D eigenvalue weighted by Gasteiger charge is -2.30. The minimum absolute atomic E-state index is 0.0201. The summed E-state index contributed by atoms with van der Waals surface area (Å²) in [4.78, 5) is 28.6. The Morgan fingerprint density at radius 2 is 2.03 bits per heavy atom. The number of nitrogens with two attached hydrogens (primary N) is 1. The van der Waals surface area contributed by atoms with Gasteiger partial charge in [-0.1, -0.05) is 24.3 Å². The van der Waals surface area contributed by atoms with Gasteiger partial charge in [0.1, 0.15) is 17.8 Å². The zero-order valence-electron chi connectivity index (χ0n) is 19.3. The highest BCUT2D eigenvalue weighted by Gasteiger charge is 2.22. The third-order valence-electron chi connectivity index (χ3n) is 6.19. The van der Waals surface area contributed by atoms with Crippen molar-refractivity contribution < 1.29 is 4.79 Å². The minimum Gasteiger partial charge on any atom is -0.398 e. The maximum absolute atomic E-state index is 12.9. The monoisotopic (exact) mass is 466 g/mol. The molecule has 0 spiro atoms. The number of carbonyl (C=O) groups is 1. The molecule has 2 aromatic heterocycles. The largest absolute Gasteiger partial charge is 0.398 e. The first kappa shape index (κ1) is 22.1. The Kier molecular flexibility index (Phi) is 5.88. The smallest absolute Gasteiger partial charge is 0.324 e. The van der Waals surface area contributed by atoms with E-state index in [2.05, 4.69) is 26.3 Å². The summed E-state index contributed by atoms with van der Waals surface area (Å²) in [7, 11) is 1.80. The van der Waals surface area contributed by atoms with Crippen molar-refractivity contribution in [3.63, 3.8) is 0 Å². The van der Waals surface area contributed by atoms with E-state index in [1.54, 1.807) is 18.0 Å². The van der Waals surface area contributed by atoms with Crippen molar-refractivity contribution in [1.82, 2.24) is 19.9 Å². The fraction of sp³-hybridized carbons (Fsp3) is 0.154. The van der Waals surface area contributed by atoms with E-state index in [1.165, 1.54) is 12.5 Å². The predicted molar refractivity (Wildman–Crippen MR) is 140 cm³/mol. The number of nitrogens with zero attached hydrogens (tertiary/aromatic N) is 4. The Labute approximate surface area is 202 Å². The van der Waals surface area contributed by atoms with Crippen LogP contribution < -0.4 is 16.0 Å². The summed E-state index contributed by atoms with van der Waals surface area (Å²) in [6, 6.07) is 17.1. The molecule has 0 saturated heterocycles. The molecule has 0 unspecified atom stereocenters. The minimum atomic E-state index is -0.0201. The molecule has 2 aromatic carbocycles. The molecule has 0 atom stereocenters. The Morgan fingerprint density at radius 1 is 1.20 bits per heavy atom. The normalized spacial score (nSPS) is 13.4. The molecule has 9 heteroatoms. The van der Waals surface area contributed by atoms with Crippen LogP contribution in [0.2, 0.25) is 0 Å². The SMILES string of the molecule is CN(C(=O)N1CC=C(c2cc3c(Nc4ccc(N)c(C=N)c4)ncnc3[nH]2)CC1)c1ccccc1. The molecule has 2 amide bonds. The Bertz CT molecular complexity index is 1430. The number of H-pyrrole nitrogens is 1. The van der Waals surface area contributed by atoms with Crippen LogP contribution in [0.15, 0.2) is 67.0 Å². The zero-order valence-corrected chi connectivity index (χ0v) is 19.3. The van der Waals surface area contributed by atoms with Gasteiger partial charge in [-0.25, -0.2) is 14.8 Å². The molecule has 35 heavy (non-hydrogen) atoms. The van der Waals surface area contributed by atoms with Gasteiger partial charge in [0.2, 0.25) is 0 Å². The van der Waals surface area contributed by atoms with E-state index in [1.807, 2.05) is 53.4 Å². The number of hydrogen-bond donors (Lipinski definition) is 4. The molecule has 1 aliphatic rings. The number of rotatable bonds is 5. The van der Waals surface area contributed by atoms with Crippen LogP contribution in [0.1, 0.15) is 17.7 Å². The van der Waals surface area contributed by atoms with E-state index < -0.39 is 0 Å². The summed E-state index contributed by atoms with van der Waals surface area (Å²) in [5, 5.41) is 11.7. The molecule has 0 aliphatic carbocycles. The highest BCUT2D eigenvalue weighted by Crippen LogP contribution is 2.30. The van der Waals surface area contributed by atoms with Gasteiger partial charge < -0.3 is 26.3 Å². The molecular weight excluding hydrogens is 440 g/mol. The quantitative estimate of drug-likeness (QED) is 0.252. The maximum atomic E-state index is 12.9. The molecule has 176 valence electrons. The summed E-state index contributed by atoms with van der Waals surface area (Å²) in [6.45, 7) is 1.17. The van der Waals surface area contributed by atoms with Crippen LogP contribution in [0.5, 0.6) is 0 Å². The van der Waals surface area contributed by atoms with Crippen molar-refractivity contribution in [3.8, 4) is 0 Å². The second-order valence-electron chi connectivity index (χ2n) is 8.38. The maximum Gasteiger partial charge on any atom is 0.324 e. The van der Waals surface area contributed by atoms with Crippen molar-refractivity contribution in [2.24, 2.45) is 0 Å². The summed E-state index contributed by atoms with van der Waals surface area (Å²) < 4.78 is 0. The Hall–Kier alpha value is -4.66. The van der Waals surface area contributed by atoms with Crippen molar-refractivity contribution in [2.45, 2.75) is 6.42 Å². The van der Waals surface area contributed by atoms with E-state index in [0.29, 0.717) is 30.2 Å². The lowest BCUT2D eigenvalue weighted by molar-refractivity contribution is 0.211. The number of urea groups is 1. The first-order valence-corrected chi connectivity index (χ1v) is 11.3. The molecule has 9 nitrogen and oxygen atoms in total. The molecule has 5 rings (SSSR count). The Balaban J connectivity index is 1.34. The van der Waals surface area contributed by atoms with Crippen molar-refractivity contribution in [1.29, 1.82) is 5.41 Å². The second-order valence-corrected chi connectivity index (χ2v) is 8.38. The number of hydrogen-bond acceptors (Lipinski definition) is 6. The number of para-hydroxylation sites is 1. The van der Waals surface area contributed by atoms with Gasteiger partial charge >= 0.3 is 6.03 Å². The topological polar surface area (TPSA) is 127 Å². The highest BCUT2D eigenvalue weighted by molar-refractivity contribution is 5.94. The third-order valence-corrected chi connectivity index (χ3v) is 6.19. The number of nitrogens with one attached hydrogen (secondary N) is 3. The number of carbonyl (C=O) groups excluding carboxylic acids is 1. The van der Waals surface area contributed by atoms with Gasteiger partial charge in [0.15, 0.2) is 0 Å². The number of nitrogen functional groups attached to an aromatic ring is 1. The molecule has 0 saturated carbocycles. The standard InChI is InChI=1S/C26H26N8O/c1-33(20-5-3-2-4-6-20)26(35)34-11-9-17(10-12-34)23-14-21-24(29-16-30-25(21)32-23)31-19-7-8-22(28)18(13-19)15-27/h2-9,13-16,27H,10-12,28H2,1H3,(H2,29,30,31,32). The Morgan fingerprint density at radius 3 is 2.77 bits per heavy atom. The average Bonchev–Trinajstić information content (AvgIpc) is 3.35. The highest BCUT2D eigenvalue weighted by atomic mass is 16.2. The average molecular weight is 467 g/mol. The molecular formula is C26H26N8O. The second kappa shape index (κ2) is 9.30. The van der Waals surface area contributed by atoms with Gasteiger partial charge in [-0.2, -0.15) is 0 Å². The lowest BCUT2D eigenvalue weighted by Crippen LogP contribution is -2.43. The lowest BCUT2D eigenvalue weighted by atomic mass is 10.0. The number of fused-ring (bicyclic) bond motifs is 1. The fourth-order valence-corrected chi connectivity index (χ4v) is 4.19. The zero-order chi connectivity index (χ0) is 24.4. The van der Waals surface area contributed by atoms with Gasteiger partial charge in [0, 0.05) is 54.7 Å². The van der Waals surface area contributed by atoms with Crippen molar-refractivity contribution in [2.75, 3.05) is 36.1 Å². The fourth-order valence-electron chi connectivity index (χ4n) is 4.19. The summed E-state index contributed by atoms with van der Waals surface area (Å²) >= 11 is 0. The summed E-state index contributed by atoms with van der Waals surface area (Å²) in [6.07, 6.45) is 5.56. The van der Waals surface area contributed by atoms with Crippen LogP contribution in [-0.2, 0) is 0 Å². The van der Waals surface area contributed by atoms with Crippen LogP contribution in [-0.4, -0.2) is 52.2 Å². The van der Waals surface area contributed by atoms with E-state index >= 15 is 0 Å². The molecule has 0 radical (unpaired) electrons. The van der Waals surface area contributed by atoms with Crippen LogP contribution in [0.25, 0.3) is 16.6 Å². The van der Waals surface area contributed by atoms with Crippen LogP contribution in [0.4, 0.5) is 27.7 Å².